The molecule has 1 atom stereocenters. The molecule has 2 N–H and O–H groups in total. The molecule has 1 fully saturated rings. The van der Waals surface area contributed by atoms with Gasteiger partial charge in [-0.1, -0.05) is 12.1 Å². The highest BCUT2D eigenvalue weighted by molar-refractivity contribution is 5.92. The normalized spacial score (nSPS) is 19.0. The number of nitrogens with two attached hydrogens (primary N) is 1. The average molecular weight is 285 g/mol. The summed E-state index contributed by atoms with van der Waals surface area (Å²) in [7, 11) is 0. The topological polar surface area (TPSA) is 77.0 Å². The average Bonchev–Trinajstić information content (AvgIpc) is 3.12. The fourth-order valence-corrected chi connectivity index (χ4v) is 2.91. The standard InChI is InChI=1S/C15H19N5O/c16-15(21)13-4-1-3-12(7-13)8-19-6-2-5-14(19)9-20-11-17-10-18-20/h1,3-4,7,10-11,14H,2,5-6,8-9H2,(H2,16,21). The molecule has 1 aliphatic heterocycles. The van der Waals surface area contributed by atoms with Crippen LogP contribution in [0.2, 0.25) is 0 Å². The van der Waals surface area contributed by atoms with Crippen LogP contribution in [0.3, 0.4) is 0 Å². The van der Waals surface area contributed by atoms with Gasteiger partial charge in [0.2, 0.25) is 5.91 Å². The fourth-order valence-electron chi connectivity index (χ4n) is 2.91. The molecule has 0 aliphatic carbocycles. The lowest BCUT2D eigenvalue weighted by molar-refractivity contribution is 0.1000. The van der Waals surface area contributed by atoms with Crippen molar-refractivity contribution in [3.05, 3.63) is 48.0 Å². The first-order valence-electron chi connectivity index (χ1n) is 7.17. The maximum absolute atomic E-state index is 11.3. The number of hydrogen-bond donors (Lipinski definition) is 1. The van der Waals surface area contributed by atoms with Crippen LogP contribution in [-0.2, 0) is 13.1 Å². The number of primary amides is 1. The monoisotopic (exact) mass is 285 g/mol. The Morgan fingerprint density at radius 2 is 2.33 bits per heavy atom. The Kier molecular flexibility index (Phi) is 3.96. The van der Waals surface area contributed by atoms with Crippen molar-refractivity contribution in [2.75, 3.05) is 6.54 Å². The van der Waals surface area contributed by atoms with E-state index in [-0.39, 0.29) is 5.91 Å². The van der Waals surface area contributed by atoms with Crippen molar-refractivity contribution in [2.45, 2.75) is 32.0 Å². The van der Waals surface area contributed by atoms with Crippen molar-refractivity contribution >= 4 is 5.91 Å². The molecule has 1 unspecified atom stereocenters. The number of nitrogens with zero attached hydrogens (tertiary/aromatic N) is 4. The molecule has 110 valence electrons. The first-order chi connectivity index (χ1) is 10.2. The quantitative estimate of drug-likeness (QED) is 0.890. The van der Waals surface area contributed by atoms with Crippen LogP contribution in [0.25, 0.3) is 0 Å². The third-order valence-corrected chi connectivity index (χ3v) is 3.96. The molecular weight excluding hydrogens is 266 g/mol. The number of likely N-dealkylation sites (tertiary alicyclic amines) is 1. The second kappa shape index (κ2) is 6.05. The van der Waals surface area contributed by atoms with Gasteiger partial charge in [0.25, 0.3) is 0 Å². The second-order valence-electron chi connectivity index (χ2n) is 5.45. The maximum Gasteiger partial charge on any atom is 0.248 e. The molecular formula is C15H19N5O. The molecule has 1 aliphatic rings. The van der Waals surface area contributed by atoms with Gasteiger partial charge in [-0.3, -0.25) is 14.4 Å². The van der Waals surface area contributed by atoms with E-state index in [0.717, 1.165) is 31.6 Å². The summed E-state index contributed by atoms with van der Waals surface area (Å²) in [5, 5.41) is 4.18. The van der Waals surface area contributed by atoms with Gasteiger partial charge in [0, 0.05) is 18.2 Å². The Hall–Kier alpha value is -2.21. The summed E-state index contributed by atoms with van der Waals surface area (Å²) in [6.07, 6.45) is 5.67. The Balaban J connectivity index is 1.68. The summed E-state index contributed by atoms with van der Waals surface area (Å²) in [6, 6.07) is 8.02. The molecule has 2 aromatic rings. The van der Waals surface area contributed by atoms with Gasteiger partial charge in [-0.05, 0) is 37.1 Å². The number of benzene rings is 1. The minimum Gasteiger partial charge on any atom is -0.366 e. The Bertz CT molecular complexity index is 610. The lowest BCUT2D eigenvalue weighted by Crippen LogP contribution is -2.32. The van der Waals surface area contributed by atoms with Crippen molar-refractivity contribution in [3.63, 3.8) is 0 Å². The summed E-state index contributed by atoms with van der Waals surface area (Å²) >= 11 is 0. The molecule has 6 nitrogen and oxygen atoms in total. The molecule has 3 rings (SSSR count). The van der Waals surface area contributed by atoms with Crippen molar-refractivity contribution in [2.24, 2.45) is 5.73 Å². The predicted molar refractivity (Wildman–Crippen MR) is 78.4 cm³/mol. The molecule has 2 heterocycles. The first kappa shape index (κ1) is 13.8. The van der Waals surface area contributed by atoms with Crippen LogP contribution >= 0.6 is 0 Å². The zero-order valence-corrected chi connectivity index (χ0v) is 11.9. The molecule has 0 spiro atoms. The van der Waals surface area contributed by atoms with Crippen LogP contribution in [0.15, 0.2) is 36.9 Å². The van der Waals surface area contributed by atoms with Crippen LogP contribution < -0.4 is 5.73 Å². The number of carbonyl (C=O) groups is 1. The highest BCUT2D eigenvalue weighted by atomic mass is 16.1. The molecule has 1 aromatic heterocycles. The van der Waals surface area contributed by atoms with Gasteiger partial charge < -0.3 is 5.73 Å². The predicted octanol–water partition coefficient (Wildman–Crippen LogP) is 1.04. The summed E-state index contributed by atoms with van der Waals surface area (Å²) < 4.78 is 1.88. The Labute approximate surface area is 123 Å². The van der Waals surface area contributed by atoms with E-state index in [0.29, 0.717) is 11.6 Å². The summed E-state index contributed by atoms with van der Waals surface area (Å²) in [5.41, 5.74) is 7.03. The molecule has 0 saturated carbocycles. The van der Waals surface area contributed by atoms with E-state index < -0.39 is 0 Å². The number of carbonyl (C=O) groups excluding carboxylic acids is 1. The van der Waals surface area contributed by atoms with Crippen LogP contribution in [0.5, 0.6) is 0 Å². The van der Waals surface area contributed by atoms with Crippen molar-refractivity contribution < 1.29 is 4.79 Å². The number of aromatic nitrogens is 3. The molecule has 0 bridgehead atoms. The van der Waals surface area contributed by atoms with Crippen molar-refractivity contribution in [3.8, 4) is 0 Å². The second-order valence-corrected chi connectivity index (χ2v) is 5.45. The fraction of sp³-hybridized carbons (Fsp3) is 0.400. The van der Waals surface area contributed by atoms with E-state index in [2.05, 4.69) is 15.0 Å². The van der Waals surface area contributed by atoms with Crippen molar-refractivity contribution in [1.29, 1.82) is 0 Å². The van der Waals surface area contributed by atoms with E-state index in [1.54, 1.807) is 18.7 Å². The highest BCUT2D eigenvalue weighted by Crippen LogP contribution is 2.21. The van der Waals surface area contributed by atoms with Gasteiger partial charge in [-0.25, -0.2) is 4.98 Å². The zero-order chi connectivity index (χ0) is 14.7. The van der Waals surface area contributed by atoms with Gasteiger partial charge in [0.15, 0.2) is 0 Å². The lowest BCUT2D eigenvalue weighted by Gasteiger charge is -2.24. The smallest absolute Gasteiger partial charge is 0.248 e. The van der Waals surface area contributed by atoms with Gasteiger partial charge in [-0.15, -0.1) is 0 Å². The third-order valence-electron chi connectivity index (χ3n) is 3.96. The SMILES string of the molecule is NC(=O)c1cccc(CN2CCCC2Cn2cncn2)c1. The van der Waals surface area contributed by atoms with E-state index in [1.165, 1.54) is 6.42 Å². The molecule has 0 radical (unpaired) electrons. The van der Waals surface area contributed by atoms with Crippen LogP contribution in [0.1, 0.15) is 28.8 Å². The van der Waals surface area contributed by atoms with Gasteiger partial charge in [0.1, 0.15) is 12.7 Å². The van der Waals surface area contributed by atoms with Crippen LogP contribution in [0.4, 0.5) is 0 Å². The highest BCUT2D eigenvalue weighted by Gasteiger charge is 2.25. The molecule has 1 amide bonds. The Morgan fingerprint density at radius 3 is 3.10 bits per heavy atom. The van der Waals surface area contributed by atoms with Crippen LogP contribution in [0, 0.1) is 0 Å². The lowest BCUT2D eigenvalue weighted by atomic mass is 10.1. The maximum atomic E-state index is 11.3. The minimum atomic E-state index is -0.377. The van der Waals surface area contributed by atoms with E-state index in [4.69, 9.17) is 5.73 Å². The molecule has 1 aromatic carbocycles. The summed E-state index contributed by atoms with van der Waals surface area (Å²) in [5.74, 6) is -0.377. The summed E-state index contributed by atoms with van der Waals surface area (Å²) in [4.78, 5) is 17.7. The van der Waals surface area contributed by atoms with Gasteiger partial charge in [-0.2, -0.15) is 5.10 Å². The third kappa shape index (κ3) is 3.28. The van der Waals surface area contributed by atoms with E-state index in [1.807, 2.05) is 22.9 Å². The minimum absolute atomic E-state index is 0.377. The van der Waals surface area contributed by atoms with Crippen molar-refractivity contribution in [1.82, 2.24) is 19.7 Å². The zero-order valence-electron chi connectivity index (χ0n) is 11.9. The van der Waals surface area contributed by atoms with E-state index >= 15 is 0 Å². The number of amides is 1. The molecule has 21 heavy (non-hydrogen) atoms. The molecule has 6 heteroatoms. The van der Waals surface area contributed by atoms with E-state index in [9.17, 15) is 4.79 Å². The van der Waals surface area contributed by atoms with Gasteiger partial charge in [0.05, 0.1) is 6.54 Å². The first-order valence-corrected chi connectivity index (χ1v) is 7.17. The van der Waals surface area contributed by atoms with Crippen LogP contribution in [-0.4, -0.2) is 38.2 Å². The molecule has 1 saturated heterocycles. The number of hydrogen-bond acceptors (Lipinski definition) is 4. The van der Waals surface area contributed by atoms with Gasteiger partial charge >= 0.3 is 0 Å². The summed E-state index contributed by atoms with van der Waals surface area (Å²) in [6.45, 7) is 2.76. The Morgan fingerprint density at radius 1 is 1.43 bits per heavy atom. The largest absolute Gasteiger partial charge is 0.366 e. The number of rotatable bonds is 5.